The first-order chi connectivity index (χ1) is 11.0. The van der Waals surface area contributed by atoms with Gasteiger partial charge in [-0.25, -0.2) is 0 Å². The van der Waals surface area contributed by atoms with Gasteiger partial charge in [0, 0.05) is 28.9 Å². The third kappa shape index (κ3) is 2.84. The Balaban J connectivity index is 1.78. The van der Waals surface area contributed by atoms with Crippen LogP contribution < -0.4 is 5.32 Å². The minimum absolute atomic E-state index is 0.00890. The molecule has 1 aromatic carbocycles. The van der Waals surface area contributed by atoms with Crippen LogP contribution in [0, 0.1) is 5.92 Å². The van der Waals surface area contributed by atoms with Crippen LogP contribution in [-0.2, 0) is 14.3 Å². The first-order valence-electron chi connectivity index (χ1n) is 7.63. The molecule has 0 saturated carbocycles. The number of hydrogen-bond acceptors (Lipinski definition) is 3. The predicted molar refractivity (Wildman–Crippen MR) is 87.0 cm³/mol. The molecule has 1 aliphatic heterocycles. The van der Waals surface area contributed by atoms with Crippen molar-refractivity contribution in [1.29, 1.82) is 0 Å². The summed E-state index contributed by atoms with van der Waals surface area (Å²) in [6.45, 7) is 5.44. The van der Waals surface area contributed by atoms with Gasteiger partial charge in [0.15, 0.2) is 6.10 Å². The molecule has 2 atom stereocenters. The van der Waals surface area contributed by atoms with Gasteiger partial charge in [0.1, 0.15) is 0 Å². The summed E-state index contributed by atoms with van der Waals surface area (Å²) in [7, 11) is 0. The van der Waals surface area contributed by atoms with Gasteiger partial charge in [0.05, 0.1) is 0 Å². The zero-order chi connectivity index (χ0) is 16.6. The van der Waals surface area contributed by atoms with Crippen LogP contribution in [0.25, 0.3) is 10.9 Å². The molecular weight excluding hydrogens is 294 g/mol. The number of aromatic nitrogens is 1. The molecule has 2 amide bonds. The van der Waals surface area contributed by atoms with E-state index in [0.29, 0.717) is 0 Å². The minimum atomic E-state index is -0.725. The maximum atomic E-state index is 12.1. The van der Waals surface area contributed by atoms with Crippen molar-refractivity contribution in [2.75, 3.05) is 0 Å². The van der Waals surface area contributed by atoms with E-state index in [2.05, 4.69) is 15.3 Å². The van der Waals surface area contributed by atoms with Gasteiger partial charge in [-0.2, -0.15) is 4.99 Å². The van der Waals surface area contributed by atoms with E-state index in [1.54, 1.807) is 13.8 Å². The topological polar surface area (TPSA) is 83.5 Å². The third-order valence-corrected chi connectivity index (χ3v) is 4.01. The molecule has 0 aliphatic carbocycles. The molecule has 1 aromatic heterocycles. The molecule has 6 heteroatoms. The Hall–Kier alpha value is -2.63. The first kappa shape index (κ1) is 15.3. The van der Waals surface area contributed by atoms with Gasteiger partial charge in [0.2, 0.25) is 5.91 Å². The summed E-state index contributed by atoms with van der Waals surface area (Å²) < 4.78 is 5.58. The third-order valence-electron chi connectivity index (χ3n) is 4.01. The summed E-state index contributed by atoms with van der Waals surface area (Å²) in [6, 6.07) is 7.87. The molecule has 0 fully saturated rings. The van der Waals surface area contributed by atoms with Crippen LogP contribution in [0.15, 0.2) is 35.5 Å². The highest BCUT2D eigenvalue weighted by Crippen LogP contribution is 2.31. The summed E-state index contributed by atoms with van der Waals surface area (Å²) in [5, 5.41) is 3.59. The SMILES string of the molecule is CC(C)C(=O)NC1=NC(=O)[C@H]([C@H](C)c2c[nH]c3ccccc23)O1. The molecule has 6 nitrogen and oxygen atoms in total. The van der Waals surface area contributed by atoms with Crippen LogP contribution >= 0.6 is 0 Å². The van der Waals surface area contributed by atoms with Crippen LogP contribution in [0.1, 0.15) is 32.3 Å². The van der Waals surface area contributed by atoms with Gasteiger partial charge in [-0.3, -0.25) is 14.9 Å². The fourth-order valence-electron chi connectivity index (χ4n) is 2.62. The molecular formula is C17H19N3O3. The molecule has 0 spiro atoms. The maximum Gasteiger partial charge on any atom is 0.300 e. The molecule has 0 unspecified atom stereocenters. The number of benzene rings is 1. The molecule has 0 bridgehead atoms. The number of amides is 2. The quantitative estimate of drug-likeness (QED) is 0.912. The number of fused-ring (bicyclic) bond motifs is 1. The molecule has 2 N–H and O–H groups in total. The van der Waals surface area contributed by atoms with Gasteiger partial charge in [0.25, 0.3) is 11.9 Å². The second-order valence-electron chi connectivity index (χ2n) is 6.02. The number of aromatic amines is 1. The highest BCUT2D eigenvalue weighted by molar-refractivity contribution is 6.05. The van der Waals surface area contributed by atoms with E-state index in [0.717, 1.165) is 16.5 Å². The summed E-state index contributed by atoms with van der Waals surface area (Å²) >= 11 is 0. The van der Waals surface area contributed by atoms with Crippen LogP contribution in [0.4, 0.5) is 0 Å². The first-order valence-corrected chi connectivity index (χ1v) is 7.63. The van der Waals surface area contributed by atoms with Crippen molar-refractivity contribution < 1.29 is 14.3 Å². The molecule has 0 saturated heterocycles. The minimum Gasteiger partial charge on any atom is -0.450 e. The number of aliphatic imine (C=N–C) groups is 1. The van der Waals surface area contributed by atoms with Crippen LogP contribution in [0.3, 0.4) is 0 Å². The summed E-state index contributed by atoms with van der Waals surface area (Å²) in [5.74, 6) is -0.990. The smallest absolute Gasteiger partial charge is 0.300 e. The van der Waals surface area contributed by atoms with Crippen LogP contribution in [0.2, 0.25) is 0 Å². The van der Waals surface area contributed by atoms with Gasteiger partial charge in [-0.15, -0.1) is 0 Å². The van der Waals surface area contributed by atoms with Crippen molar-refractivity contribution in [3.63, 3.8) is 0 Å². The molecule has 0 radical (unpaired) electrons. The average Bonchev–Trinajstić information content (AvgIpc) is 3.10. The van der Waals surface area contributed by atoms with Crippen molar-refractivity contribution >= 4 is 28.7 Å². The van der Waals surface area contributed by atoms with E-state index in [1.165, 1.54) is 0 Å². The van der Waals surface area contributed by atoms with E-state index in [9.17, 15) is 9.59 Å². The van der Waals surface area contributed by atoms with Crippen molar-refractivity contribution in [3.8, 4) is 0 Å². The summed E-state index contributed by atoms with van der Waals surface area (Å²) in [4.78, 5) is 30.8. The number of amidine groups is 1. The van der Waals surface area contributed by atoms with E-state index in [-0.39, 0.29) is 29.7 Å². The Kier molecular flexibility index (Phi) is 3.90. The van der Waals surface area contributed by atoms with E-state index >= 15 is 0 Å². The Morgan fingerprint density at radius 1 is 1.30 bits per heavy atom. The Bertz CT molecular complexity index is 791. The lowest BCUT2D eigenvalue weighted by molar-refractivity contribution is -0.124. The second kappa shape index (κ2) is 5.87. The van der Waals surface area contributed by atoms with E-state index in [4.69, 9.17) is 4.74 Å². The predicted octanol–water partition coefficient (Wildman–Crippen LogP) is 2.33. The Morgan fingerprint density at radius 2 is 2.04 bits per heavy atom. The van der Waals surface area contributed by atoms with Gasteiger partial charge < -0.3 is 9.72 Å². The standard InChI is InChI=1S/C17H19N3O3/c1-9(2)15(21)19-17-20-16(22)14(23-17)10(3)12-8-18-13-7-5-4-6-11(12)13/h4-10,14,18H,1-3H3,(H,19,20,21,22)/t10-,14+/m1/s1. The normalized spacial score (nSPS) is 18.9. The number of ether oxygens (including phenoxy) is 1. The number of carbonyl (C=O) groups is 2. The number of nitrogens with zero attached hydrogens (tertiary/aromatic N) is 1. The van der Waals surface area contributed by atoms with Crippen LogP contribution in [0.5, 0.6) is 0 Å². The van der Waals surface area contributed by atoms with Gasteiger partial charge >= 0.3 is 0 Å². The zero-order valence-corrected chi connectivity index (χ0v) is 13.3. The van der Waals surface area contributed by atoms with Gasteiger partial charge in [-0.05, 0) is 11.6 Å². The van der Waals surface area contributed by atoms with Crippen molar-refractivity contribution in [2.24, 2.45) is 10.9 Å². The Morgan fingerprint density at radius 3 is 2.78 bits per heavy atom. The summed E-state index contributed by atoms with van der Waals surface area (Å²) in [5.41, 5.74) is 2.00. The van der Waals surface area contributed by atoms with Crippen molar-refractivity contribution in [1.82, 2.24) is 10.3 Å². The molecule has 120 valence electrons. The lowest BCUT2D eigenvalue weighted by Crippen LogP contribution is -2.35. The Labute approximate surface area is 133 Å². The fourth-order valence-corrected chi connectivity index (χ4v) is 2.62. The zero-order valence-electron chi connectivity index (χ0n) is 13.3. The van der Waals surface area contributed by atoms with Crippen LogP contribution in [-0.4, -0.2) is 28.9 Å². The molecule has 2 aromatic rings. The molecule has 2 heterocycles. The number of hydrogen-bond donors (Lipinski definition) is 2. The molecule has 3 rings (SSSR count). The fraction of sp³-hybridized carbons (Fsp3) is 0.353. The number of rotatable bonds is 3. The maximum absolute atomic E-state index is 12.1. The lowest BCUT2D eigenvalue weighted by Gasteiger charge is -2.17. The van der Waals surface area contributed by atoms with Crippen molar-refractivity contribution in [2.45, 2.75) is 32.8 Å². The second-order valence-corrected chi connectivity index (χ2v) is 6.02. The summed E-state index contributed by atoms with van der Waals surface area (Å²) in [6.07, 6.45) is 1.16. The highest BCUT2D eigenvalue weighted by Gasteiger charge is 2.36. The number of carbonyl (C=O) groups excluding carboxylic acids is 2. The highest BCUT2D eigenvalue weighted by atomic mass is 16.5. The van der Waals surface area contributed by atoms with Gasteiger partial charge in [-0.1, -0.05) is 39.0 Å². The average molecular weight is 313 g/mol. The molecule has 23 heavy (non-hydrogen) atoms. The monoisotopic (exact) mass is 313 g/mol. The molecule has 1 aliphatic rings. The van der Waals surface area contributed by atoms with Crippen molar-refractivity contribution in [3.05, 3.63) is 36.0 Å². The van der Waals surface area contributed by atoms with E-state index in [1.807, 2.05) is 37.4 Å². The number of nitrogens with one attached hydrogen (secondary N) is 2. The number of H-pyrrole nitrogens is 1. The largest absolute Gasteiger partial charge is 0.450 e. The number of para-hydroxylation sites is 1. The lowest BCUT2D eigenvalue weighted by atomic mass is 9.94. The van der Waals surface area contributed by atoms with E-state index < -0.39 is 6.10 Å².